The first kappa shape index (κ1) is 18.5. The van der Waals surface area contributed by atoms with Crippen LogP contribution >= 0.6 is 11.6 Å². The van der Waals surface area contributed by atoms with Crippen molar-refractivity contribution in [3.63, 3.8) is 0 Å². The van der Waals surface area contributed by atoms with E-state index >= 15 is 0 Å². The summed E-state index contributed by atoms with van der Waals surface area (Å²) in [6, 6.07) is 6.93. The van der Waals surface area contributed by atoms with Gasteiger partial charge in [0.15, 0.2) is 0 Å². The number of unbranched alkanes of at least 4 members (excludes halogenated alkanes) is 6. The number of benzene rings is 1. The maximum absolute atomic E-state index is 6.26. The highest BCUT2D eigenvalue weighted by molar-refractivity contribution is 6.31. The molecule has 0 radical (unpaired) electrons. The fourth-order valence-corrected chi connectivity index (χ4v) is 2.95. The number of hydrogen-bond donors (Lipinski definition) is 1. The van der Waals surface area contributed by atoms with Crippen LogP contribution < -0.4 is 5.32 Å². The molecule has 0 aliphatic carbocycles. The fraction of sp³-hybridized carbons (Fsp3) is 0.684. The van der Waals surface area contributed by atoms with E-state index in [0.29, 0.717) is 6.04 Å². The Kier molecular flexibility index (Phi) is 9.78. The van der Waals surface area contributed by atoms with Crippen LogP contribution in [0.15, 0.2) is 18.2 Å². The molecule has 1 unspecified atom stereocenters. The van der Waals surface area contributed by atoms with Crippen molar-refractivity contribution < 1.29 is 0 Å². The Morgan fingerprint density at radius 3 is 2.29 bits per heavy atom. The molecule has 1 nitrogen and oxygen atoms in total. The van der Waals surface area contributed by atoms with Gasteiger partial charge in [0.05, 0.1) is 0 Å². The van der Waals surface area contributed by atoms with E-state index in [4.69, 9.17) is 11.6 Å². The van der Waals surface area contributed by atoms with Crippen LogP contribution in [-0.2, 0) is 0 Å². The summed E-state index contributed by atoms with van der Waals surface area (Å²) >= 11 is 6.26. The molecule has 2 heteroatoms. The van der Waals surface area contributed by atoms with Crippen molar-refractivity contribution >= 4 is 11.6 Å². The van der Waals surface area contributed by atoms with Crippen LogP contribution in [0.3, 0.4) is 0 Å². The molecule has 21 heavy (non-hydrogen) atoms. The van der Waals surface area contributed by atoms with E-state index in [0.717, 1.165) is 17.1 Å². The molecule has 1 aromatic carbocycles. The van der Waals surface area contributed by atoms with Crippen LogP contribution in [-0.4, -0.2) is 6.54 Å². The Morgan fingerprint density at radius 2 is 1.67 bits per heavy atom. The molecule has 120 valence electrons. The standard InChI is InChI=1S/C19H32ClN/c1-4-6-7-8-9-10-11-12-19(21-5-2)17-14-13-16(3)18(20)15-17/h13-15,19,21H,4-12H2,1-3H3. The van der Waals surface area contributed by atoms with Gasteiger partial charge in [0.2, 0.25) is 0 Å². The molecular weight excluding hydrogens is 278 g/mol. The molecule has 1 atom stereocenters. The highest BCUT2D eigenvalue weighted by Crippen LogP contribution is 2.25. The van der Waals surface area contributed by atoms with E-state index in [1.165, 1.54) is 56.9 Å². The first-order chi connectivity index (χ1) is 10.2. The van der Waals surface area contributed by atoms with Gasteiger partial charge in [0.1, 0.15) is 0 Å². The van der Waals surface area contributed by atoms with E-state index < -0.39 is 0 Å². The molecule has 1 rings (SSSR count). The monoisotopic (exact) mass is 309 g/mol. The Morgan fingerprint density at radius 1 is 1.00 bits per heavy atom. The van der Waals surface area contributed by atoms with Crippen molar-refractivity contribution in [2.45, 2.75) is 78.2 Å². The van der Waals surface area contributed by atoms with E-state index in [-0.39, 0.29) is 0 Å². The Labute approximate surface area is 136 Å². The Bertz CT molecular complexity index is 389. The van der Waals surface area contributed by atoms with Gasteiger partial charge in [-0.05, 0) is 37.1 Å². The zero-order valence-electron chi connectivity index (χ0n) is 14.1. The van der Waals surface area contributed by atoms with Gasteiger partial charge in [0.25, 0.3) is 0 Å². The minimum Gasteiger partial charge on any atom is -0.310 e. The Balaban J connectivity index is 2.37. The zero-order valence-corrected chi connectivity index (χ0v) is 14.8. The second-order valence-electron chi connectivity index (χ2n) is 6.03. The summed E-state index contributed by atoms with van der Waals surface area (Å²) < 4.78 is 0. The quantitative estimate of drug-likeness (QED) is 0.464. The van der Waals surface area contributed by atoms with Crippen LogP contribution in [0.25, 0.3) is 0 Å². The van der Waals surface area contributed by atoms with Gasteiger partial charge in [-0.3, -0.25) is 0 Å². The molecule has 0 aliphatic rings. The summed E-state index contributed by atoms with van der Waals surface area (Å²) in [5, 5.41) is 4.48. The van der Waals surface area contributed by atoms with E-state index in [9.17, 15) is 0 Å². The number of hydrogen-bond acceptors (Lipinski definition) is 1. The van der Waals surface area contributed by atoms with E-state index in [2.05, 4.69) is 44.3 Å². The van der Waals surface area contributed by atoms with Gasteiger partial charge in [-0.2, -0.15) is 0 Å². The van der Waals surface area contributed by atoms with Crippen molar-refractivity contribution in [1.29, 1.82) is 0 Å². The first-order valence-electron chi connectivity index (χ1n) is 8.68. The van der Waals surface area contributed by atoms with Crippen LogP contribution in [0.1, 0.15) is 82.4 Å². The average Bonchev–Trinajstić information content (AvgIpc) is 2.48. The summed E-state index contributed by atoms with van der Waals surface area (Å²) in [6.45, 7) is 7.51. The molecule has 0 aromatic heterocycles. The van der Waals surface area contributed by atoms with E-state index in [1.807, 2.05) is 0 Å². The minimum atomic E-state index is 0.448. The van der Waals surface area contributed by atoms with Gasteiger partial charge >= 0.3 is 0 Å². The predicted molar refractivity (Wildman–Crippen MR) is 95.2 cm³/mol. The van der Waals surface area contributed by atoms with Crippen LogP contribution in [0.2, 0.25) is 5.02 Å². The number of rotatable bonds is 11. The van der Waals surface area contributed by atoms with Crippen molar-refractivity contribution in [2.75, 3.05) is 6.54 Å². The molecule has 0 amide bonds. The van der Waals surface area contributed by atoms with Gasteiger partial charge < -0.3 is 5.32 Å². The molecule has 0 saturated carbocycles. The average molecular weight is 310 g/mol. The first-order valence-corrected chi connectivity index (χ1v) is 9.06. The van der Waals surface area contributed by atoms with Crippen LogP contribution in [0, 0.1) is 6.92 Å². The predicted octanol–water partition coefficient (Wildman–Crippen LogP) is 6.44. The number of aryl methyl sites for hydroxylation is 1. The maximum Gasteiger partial charge on any atom is 0.0438 e. The highest BCUT2D eigenvalue weighted by Gasteiger charge is 2.11. The maximum atomic E-state index is 6.26. The number of nitrogens with one attached hydrogen (secondary N) is 1. The lowest BCUT2D eigenvalue weighted by Gasteiger charge is -2.19. The lowest BCUT2D eigenvalue weighted by Crippen LogP contribution is -2.20. The SMILES string of the molecule is CCCCCCCCCC(NCC)c1ccc(C)c(Cl)c1. The molecule has 1 aromatic rings. The molecule has 0 spiro atoms. The fourth-order valence-electron chi connectivity index (χ4n) is 2.76. The van der Waals surface area contributed by atoms with Crippen LogP contribution in [0.4, 0.5) is 0 Å². The molecular formula is C19H32ClN. The van der Waals surface area contributed by atoms with Gasteiger partial charge in [-0.15, -0.1) is 0 Å². The lowest BCUT2D eigenvalue weighted by atomic mass is 9.98. The summed E-state index contributed by atoms with van der Waals surface area (Å²) in [7, 11) is 0. The van der Waals surface area contributed by atoms with Crippen molar-refractivity contribution in [3.8, 4) is 0 Å². The largest absolute Gasteiger partial charge is 0.310 e. The smallest absolute Gasteiger partial charge is 0.0438 e. The third kappa shape index (κ3) is 7.33. The molecule has 0 fully saturated rings. The van der Waals surface area contributed by atoms with Gasteiger partial charge in [-0.1, -0.05) is 82.5 Å². The zero-order chi connectivity index (χ0) is 15.5. The van der Waals surface area contributed by atoms with Gasteiger partial charge in [0, 0.05) is 11.1 Å². The summed E-state index contributed by atoms with van der Waals surface area (Å²) in [4.78, 5) is 0. The van der Waals surface area contributed by atoms with Gasteiger partial charge in [-0.25, -0.2) is 0 Å². The van der Waals surface area contributed by atoms with Crippen molar-refractivity contribution in [2.24, 2.45) is 0 Å². The highest BCUT2D eigenvalue weighted by atomic mass is 35.5. The molecule has 1 N–H and O–H groups in total. The molecule has 0 heterocycles. The molecule has 0 aliphatic heterocycles. The third-order valence-corrected chi connectivity index (χ3v) is 4.55. The summed E-state index contributed by atoms with van der Waals surface area (Å²) in [5.41, 5.74) is 2.49. The van der Waals surface area contributed by atoms with Crippen molar-refractivity contribution in [1.82, 2.24) is 5.32 Å². The third-order valence-electron chi connectivity index (χ3n) is 4.15. The second kappa shape index (κ2) is 11.1. The minimum absolute atomic E-state index is 0.448. The topological polar surface area (TPSA) is 12.0 Å². The Hall–Kier alpha value is -0.530. The number of halogens is 1. The van der Waals surface area contributed by atoms with Crippen molar-refractivity contribution in [3.05, 3.63) is 34.3 Å². The van der Waals surface area contributed by atoms with E-state index in [1.54, 1.807) is 0 Å². The van der Waals surface area contributed by atoms with Crippen LogP contribution in [0.5, 0.6) is 0 Å². The summed E-state index contributed by atoms with van der Waals surface area (Å²) in [5.74, 6) is 0. The molecule has 0 saturated heterocycles. The lowest BCUT2D eigenvalue weighted by molar-refractivity contribution is 0.475. The second-order valence-corrected chi connectivity index (χ2v) is 6.44. The molecule has 0 bridgehead atoms. The summed E-state index contributed by atoms with van der Waals surface area (Å²) in [6.07, 6.45) is 10.8. The normalized spacial score (nSPS) is 12.6.